The quantitative estimate of drug-likeness (QED) is 0.638. The van der Waals surface area contributed by atoms with Gasteiger partial charge in [0, 0.05) is 13.7 Å². The van der Waals surface area contributed by atoms with Crippen LogP contribution in [0.15, 0.2) is 0 Å². The van der Waals surface area contributed by atoms with Crippen LogP contribution >= 0.6 is 0 Å². The average molecular weight is 215 g/mol. The van der Waals surface area contributed by atoms with Crippen LogP contribution in [-0.4, -0.2) is 26.8 Å². The zero-order valence-electron chi connectivity index (χ0n) is 11.2. The Morgan fingerprint density at radius 1 is 1.00 bits per heavy atom. The van der Waals surface area contributed by atoms with Gasteiger partial charge >= 0.3 is 0 Å². The summed E-state index contributed by atoms with van der Waals surface area (Å²) in [5.74, 6) is 2.31. The SMILES string of the molecule is COCCC(C)CC(C)CNCC(C)C. The maximum absolute atomic E-state index is 5.09. The third kappa shape index (κ3) is 10.2. The molecule has 0 aromatic carbocycles. The van der Waals surface area contributed by atoms with E-state index < -0.39 is 0 Å². The van der Waals surface area contributed by atoms with Crippen molar-refractivity contribution < 1.29 is 4.74 Å². The van der Waals surface area contributed by atoms with E-state index in [1.54, 1.807) is 7.11 Å². The lowest BCUT2D eigenvalue weighted by Gasteiger charge is -2.18. The largest absolute Gasteiger partial charge is 0.385 e. The van der Waals surface area contributed by atoms with Crippen LogP contribution in [0.5, 0.6) is 0 Å². The monoisotopic (exact) mass is 215 g/mol. The van der Waals surface area contributed by atoms with Gasteiger partial charge in [-0.3, -0.25) is 0 Å². The molecule has 0 amide bonds. The Hall–Kier alpha value is -0.0800. The molecule has 0 radical (unpaired) electrons. The second kappa shape index (κ2) is 9.17. The van der Waals surface area contributed by atoms with Crippen LogP contribution in [0.4, 0.5) is 0 Å². The molecule has 0 saturated carbocycles. The number of ether oxygens (including phenoxy) is 1. The van der Waals surface area contributed by atoms with Crippen LogP contribution in [0.2, 0.25) is 0 Å². The summed E-state index contributed by atoms with van der Waals surface area (Å²) < 4.78 is 5.09. The van der Waals surface area contributed by atoms with Crippen molar-refractivity contribution in [2.24, 2.45) is 17.8 Å². The molecule has 0 bridgehead atoms. The first kappa shape index (κ1) is 14.9. The van der Waals surface area contributed by atoms with Crippen molar-refractivity contribution in [3.05, 3.63) is 0 Å². The molecular formula is C13H29NO. The molecule has 0 aliphatic carbocycles. The fourth-order valence-electron chi connectivity index (χ4n) is 1.83. The Balaban J connectivity index is 3.42. The van der Waals surface area contributed by atoms with Gasteiger partial charge in [-0.15, -0.1) is 0 Å². The van der Waals surface area contributed by atoms with Crippen LogP contribution in [0.25, 0.3) is 0 Å². The number of hydrogen-bond acceptors (Lipinski definition) is 2. The van der Waals surface area contributed by atoms with E-state index in [0.29, 0.717) is 0 Å². The molecule has 92 valence electrons. The van der Waals surface area contributed by atoms with Gasteiger partial charge in [0.15, 0.2) is 0 Å². The predicted molar refractivity (Wildman–Crippen MR) is 67.1 cm³/mol. The highest BCUT2D eigenvalue weighted by molar-refractivity contribution is 4.63. The van der Waals surface area contributed by atoms with Crippen LogP contribution in [0, 0.1) is 17.8 Å². The fourth-order valence-corrected chi connectivity index (χ4v) is 1.83. The van der Waals surface area contributed by atoms with E-state index in [9.17, 15) is 0 Å². The third-order valence-electron chi connectivity index (χ3n) is 2.66. The van der Waals surface area contributed by atoms with E-state index >= 15 is 0 Å². The molecule has 2 heteroatoms. The molecule has 0 fully saturated rings. The molecule has 0 saturated heterocycles. The Morgan fingerprint density at radius 2 is 1.67 bits per heavy atom. The topological polar surface area (TPSA) is 21.3 Å². The molecule has 0 aromatic rings. The first-order valence-corrected chi connectivity index (χ1v) is 6.25. The van der Waals surface area contributed by atoms with Crippen LogP contribution in [0.3, 0.4) is 0 Å². The molecule has 15 heavy (non-hydrogen) atoms. The van der Waals surface area contributed by atoms with Crippen molar-refractivity contribution in [3.8, 4) is 0 Å². The number of rotatable bonds is 9. The molecule has 0 heterocycles. The van der Waals surface area contributed by atoms with Crippen molar-refractivity contribution in [1.29, 1.82) is 0 Å². The minimum absolute atomic E-state index is 0.753. The molecule has 0 aliphatic rings. The highest BCUT2D eigenvalue weighted by Crippen LogP contribution is 2.14. The number of nitrogens with one attached hydrogen (secondary N) is 1. The second-order valence-electron chi connectivity index (χ2n) is 5.28. The molecule has 2 nitrogen and oxygen atoms in total. The Morgan fingerprint density at radius 3 is 2.20 bits per heavy atom. The molecule has 0 aromatic heterocycles. The first-order valence-electron chi connectivity index (χ1n) is 6.25. The maximum atomic E-state index is 5.09. The van der Waals surface area contributed by atoms with E-state index in [0.717, 1.165) is 37.5 Å². The molecule has 1 N–H and O–H groups in total. The summed E-state index contributed by atoms with van der Waals surface area (Å²) >= 11 is 0. The Bertz CT molecular complexity index is 136. The molecular weight excluding hydrogens is 186 g/mol. The molecule has 0 spiro atoms. The van der Waals surface area contributed by atoms with Crippen molar-refractivity contribution in [2.45, 2.75) is 40.5 Å². The van der Waals surface area contributed by atoms with Gasteiger partial charge in [0.25, 0.3) is 0 Å². The average Bonchev–Trinajstić information content (AvgIpc) is 2.14. The molecule has 2 atom stereocenters. The lowest BCUT2D eigenvalue weighted by Crippen LogP contribution is -2.26. The minimum atomic E-state index is 0.753. The van der Waals surface area contributed by atoms with Gasteiger partial charge in [-0.05, 0) is 43.7 Å². The Kier molecular flexibility index (Phi) is 9.12. The fraction of sp³-hybridized carbons (Fsp3) is 1.00. The summed E-state index contributed by atoms with van der Waals surface area (Å²) in [5.41, 5.74) is 0. The standard InChI is InChI=1S/C13H29NO/c1-11(2)9-14-10-13(4)8-12(3)6-7-15-5/h11-14H,6-10H2,1-5H3. The summed E-state index contributed by atoms with van der Waals surface area (Å²) in [7, 11) is 1.78. The van der Waals surface area contributed by atoms with Gasteiger partial charge in [-0.1, -0.05) is 27.7 Å². The lowest BCUT2D eigenvalue weighted by atomic mass is 9.95. The van der Waals surface area contributed by atoms with E-state index in [1.807, 2.05) is 0 Å². The lowest BCUT2D eigenvalue weighted by molar-refractivity contribution is 0.174. The molecule has 0 aliphatic heterocycles. The van der Waals surface area contributed by atoms with Crippen molar-refractivity contribution in [2.75, 3.05) is 26.8 Å². The number of methoxy groups -OCH3 is 1. The highest BCUT2D eigenvalue weighted by atomic mass is 16.5. The summed E-state index contributed by atoms with van der Waals surface area (Å²) in [4.78, 5) is 0. The smallest absolute Gasteiger partial charge is 0.0464 e. The van der Waals surface area contributed by atoms with Gasteiger partial charge in [0.1, 0.15) is 0 Å². The van der Waals surface area contributed by atoms with Gasteiger partial charge in [-0.2, -0.15) is 0 Å². The summed E-state index contributed by atoms with van der Waals surface area (Å²) in [6, 6.07) is 0. The van der Waals surface area contributed by atoms with E-state index in [2.05, 4.69) is 33.0 Å². The zero-order chi connectivity index (χ0) is 11.7. The highest BCUT2D eigenvalue weighted by Gasteiger charge is 2.08. The van der Waals surface area contributed by atoms with Crippen LogP contribution < -0.4 is 5.32 Å². The normalized spacial score (nSPS) is 15.6. The van der Waals surface area contributed by atoms with Crippen LogP contribution in [-0.2, 0) is 4.74 Å². The third-order valence-corrected chi connectivity index (χ3v) is 2.66. The summed E-state index contributed by atoms with van der Waals surface area (Å²) in [5, 5.41) is 3.51. The predicted octanol–water partition coefficient (Wildman–Crippen LogP) is 2.93. The van der Waals surface area contributed by atoms with Gasteiger partial charge in [0.2, 0.25) is 0 Å². The number of hydrogen-bond donors (Lipinski definition) is 1. The van der Waals surface area contributed by atoms with E-state index in [4.69, 9.17) is 4.74 Å². The zero-order valence-corrected chi connectivity index (χ0v) is 11.2. The summed E-state index contributed by atoms with van der Waals surface area (Å²) in [6.07, 6.45) is 2.49. The first-order chi connectivity index (χ1) is 7.06. The van der Waals surface area contributed by atoms with Crippen molar-refractivity contribution in [1.82, 2.24) is 5.32 Å². The minimum Gasteiger partial charge on any atom is -0.385 e. The van der Waals surface area contributed by atoms with Gasteiger partial charge < -0.3 is 10.1 Å². The van der Waals surface area contributed by atoms with E-state index in [-0.39, 0.29) is 0 Å². The van der Waals surface area contributed by atoms with Crippen molar-refractivity contribution in [3.63, 3.8) is 0 Å². The van der Waals surface area contributed by atoms with Gasteiger partial charge in [0.05, 0.1) is 0 Å². The maximum Gasteiger partial charge on any atom is 0.0464 e. The summed E-state index contributed by atoms with van der Waals surface area (Å²) in [6.45, 7) is 12.3. The van der Waals surface area contributed by atoms with Crippen molar-refractivity contribution >= 4 is 0 Å². The van der Waals surface area contributed by atoms with E-state index in [1.165, 1.54) is 12.8 Å². The van der Waals surface area contributed by atoms with Crippen LogP contribution in [0.1, 0.15) is 40.5 Å². The Labute approximate surface area is 95.8 Å². The second-order valence-corrected chi connectivity index (χ2v) is 5.28. The molecule has 2 unspecified atom stereocenters. The molecule has 0 rings (SSSR count). The van der Waals surface area contributed by atoms with Gasteiger partial charge in [-0.25, -0.2) is 0 Å².